The third-order valence-electron chi connectivity index (χ3n) is 1.88. The maximum Gasteiger partial charge on any atom is 0.241 e. The molecule has 0 aromatic heterocycles. The summed E-state index contributed by atoms with van der Waals surface area (Å²) in [5, 5.41) is 9.20. The van der Waals surface area contributed by atoms with Gasteiger partial charge in [0.1, 0.15) is 5.75 Å². The minimum absolute atomic E-state index is 0.0178. The third kappa shape index (κ3) is 2.99. The van der Waals surface area contributed by atoms with Gasteiger partial charge in [0.05, 0.1) is 10.4 Å². The first kappa shape index (κ1) is 12.6. The molecule has 4 nitrogen and oxygen atoms in total. The lowest BCUT2D eigenvalue weighted by Gasteiger charge is -2.19. The Balaban J connectivity index is 3.10. The number of phenols is 1. The Labute approximate surface area is 95.4 Å². The molecule has 0 bridgehead atoms. The lowest BCUT2D eigenvalue weighted by molar-refractivity contribution is 0.472. The molecule has 0 saturated heterocycles. The van der Waals surface area contributed by atoms with Crippen LogP contribution in [0.25, 0.3) is 0 Å². The highest BCUT2D eigenvalue weighted by Gasteiger charge is 2.24. The summed E-state index contributed by atoms with van der Waals surface area (Å²) >= 11 is 0. The van der Waals surface area contributed by atoms with E-state index in [1.807, 2.05) is 0 Å². The molecule has 5 heteroatoms. The monoisotopic (exact) mass is 239 g/mol. The van der Waals surface area contributed by atoms with E-state index in [0.717, 1.165) is 6.07 Å². The van der Waals surface area contributed by atoms with Gasteiger partial charge in [0, 0.05) is 0 Å². The van der Waals surface area contributed by atoms with Crippen LogP contribution < -0.4 is 4.72 Å². The molecule has 1 aromatic rings. The van der Waals surface area contributed by atoms with Gasteiger partial charge >= 0.3 is 0 Å². The Morgan fingerprint density at radius 1 is 1.44 bits per heavy atom. The SMILES string of the molecule is C#CC(C)(C)NS(=O)(=O)c1cccc(O)c1. The molecular formula is C11H13NO3S. The van der Waals surface area contributed by atoms with Gasteiger partial charge in [-0.1, -0.05) is 12.0 Å². The standard InChI is InChI=1S/C11H13NO3S/c1-4-11(2,3)12-16(14,15)10-7-5-6-9(13)8-10/h1,5-8,12-13H,2-3H3. The molecule has 1 aromatic carbocycles. The van der Waals surface area contributed by atoms with Crippen LogP contribution in [-0.2, 0) is 10.0 Å². The van der Waals surface area contributed by atoms with Crippen molar-refractivity contribution in [2.75, 3.05) is 0 Å². The van der Waals surface area contributed by atoms with Crippen molar-refractivity contribution in [2.45, 2.75) is 24.3 Å². The molecule has 1 rings (SSSR count). The van der Waals surface area contributed by atoms with Crippen LogP contribution in [0, 0.1) is 12.3 Å². The first-order chi connectivity index (χ1) is 7.27. The van der Waals surface area contributed by atoms with Crippen LogP contribution in [0.4, 0.5) is 0 Å². The van der Waals surface area contributed by atoms with E-state index < -0.39 is 15.6 Å². The van der Waals surface area contributed by atoms with E-state index in [-0.39, 0.29) is 10.6 Å². The van der Waals surface area contributed by atoms with Crippen molar-refractivity contribution in [2.24, 2.45) is 0 Å². The zero-order chi connectivity index (χ0) is 12.4. The summed E-state index contributed by atoms with van der Waals surface area (Å²) < 4.78 is 26.0. The largest absolute Gasteiger partial charge is 0.508 e. The van der Waals surface area contributed by atoms with Crippen molar-refractivity contribution in [3.63, 3.8) is 0 Å². The fraction of sp³-hybridized carbons (Fsp3) is 0.273. The van der Waals surface area contributed by atoms with Crippen molar-refractivity contribution in [3.05, 3.63) is 24.3 Å². The van der Waals surface area contributed by atoms with E-state index in [1.165, 1.54) is 18.2 Å². The number of rotatable bonds is 3. The Morgan fingerprint density at radius 2 is 2.06 bits per heavy atom. The van der Waals surface area contributed by atoms with Crippen molar-refractivity contribution in [1.82, 2.24) is 4.72 Å². The number of benzene rings is 1. The number of hydrogen-bond donors (Lipinski definition) is 2. The van der Waals surface area contributed by atoms with Gasteiger partial charge in [-0.15, -0.1) is 6.42 Å². The number of phenolic OH excluding ortho intramolecular Hbond substituents is 1. The predicted octanol–water partition coefficient (Wildman–Crippen LogP) is 1.08. The number of hydrogen-bond acceptors (Lipinski definition) is 3. The maximum absolute atomic E-state index is 11.8. The second kappa shape index (κ2) is 4.16. The Bertz CT molecular complexity index is 526. The molecule has 0 spiro atoms. The van der Waals surface area contributed by atoms with E-state index in [0.29, 0.717) is 0 Å². The van der Waals surface area contributed by atoms with Crippen molar-refractivity contribution in [3.8, 4) is 18.1 Å². The molecule has 0 fully saturated rings. The fourth-order valence-corrected chi connectivity index (χ4v) is 2.46. The molecule has 86 valence electrons. The van der Waals surface area contributed by atoms with Gasteiger partial charge in [-0.3, -0.25) is 0 Å². The van der Waals surface area contributed by atoms with E-state index >= 15 is 0 Å². The molecule has 0 aliphatic rings. The molecule has 0 amide bonds. The van der Waals surface area contributed by atoms with E-state index in [9.17, 15) is 13.5 Å². The van der Waals surface area contributed by atoms with Gasteiger partial charge in [0.2, 0.25) is 10.0 Å². The van der Waals surface area contributed by atoms with Gasteiger partial charge in [-0.2, -0.15) is 4.72 Å². The van der Waals surface area contributed by atoms with Crippen molar-refractivity contribution < 1.29 is 13.5 Å². The van der Waals surface area contributed by atoms with Crippen LogP contribution >= 0.6 is 0 Å². The molecule has 2 N–H and O–H groups in total. The normalized spacial score (nSPS) is 12.1. The van der Waals surface area contributed by atoms with Gasteiger partial charge in [0.15, 0.2) is 0 Å². The topological polar surface area (TPSA) is 66.4 Å². The molecule has 0 aliphatic carbocycles. The molecular weight excluding hydrogens is 226 g/mol. The second-order valence-electron chi connectivity index (χ2n) is 3.87. The molecule has 0 aliphatic heterocycles. The number of nitrogens with one attached hydrogen (secondary N) is 1. The molecule has 0 radical (unpaired) electrons. The highest BCUT2D eigenvalue weighted by molar-refractivity contribution is 7.89. The van der Waals surface area contributed by atoms with Crippen molar-refractivity contribution >= 4 is 10.0 Å². The molecule has 0 unspecified atom stereocenters. The minimum atomic E-state index is -3.71. The minimum Gasteiger partial charge on any atom is -0.508 e. The Morgan fingerprint density at radius 3 is 2.56 bits per heavy atom. The van der Waals surface area contributed by atoms with Crippen LogP contribution in [0.15, 0.2) is 29.2 Å². The summed E-state index contributed by atoms with van der Waals surface area (Å²) in [5.74, 6) is 2.22. The van der Waals surface area contributed by atoms with Crippen LogP contribution in [0.1, 0.15) is 13.8 Å². The lowest BCUT2D eigenvalue weighted by atomic mass is 10.1. The summed E-state index contributed by atoms with van der Waals surface area (Å²) in [6, 6.07) is 5.39. The molecule has 0 heterocycles. The van der Waals surface area contributed by atoms with Gasteiger partial charge in [0.25, 0.3) is 0 Å². The van der Waals surface area contributed by atoms with E-state index in [2.05, 4.69) is 10.6 Å². The summed E-state index contributed by atoms with van der Waals surface area (Å²) in [7, 11) is -3.71. The van der Waals surface area contributed by atoms with Crippen LogP contribution in [0.3, 0.4) is 0 Å². The van der Waals surface area contributed by atoms with Gasteiger partial charge in [-0.05, 0) is 32.0 Å². The molecule has 0 atom stereocenters. The second-order valence-corrected chi connectivity index (χ2v) is 5.55. The van der Waals surface area contributed by atoms with E-state index in [1.54, 1.807) is 13.8 Å². The quantitative estimate of drug-likeness (QED) is 0.776. The molecule has 16 heavy (non-hydrogen) atoms. The van der Waals surface area contributed by atoms with Gasteiger partial charge in [-0.25, -0.2) is 8.42 Å². The zero-order valence-electron chi connectivity index (χ0n) is 9.06. The highest BCUT2D eigenvalue weighted by atomic mass is 32.2. The summed E-state index contributed by atoms with van der Waals surface area (Å²) in [6.07, 6.45) is 5.20. The fourth-order valence-electron chi connectivity index (χ4n) is 1.07. The number of sulfonamides is 1. The first-order valence-electron chi connectivity index (χ1n) is 4.58. The number of terminal acetylenes is 1. The van der Waals surface area contributed by atoms with Crippen molar-refractivity contribution in [1.29, 1.82) is 0 Å². The highest BCUT2D eigenvalue weighted by Crippen LogP contribution is 2.17. The Hall–Kier alpha value is -1.51. The first-order valence-corrected chi connectivity index (χ1v) is 6.06. The molecule has 0 saturated carbocycles. The zero-order valence-corrected chi connectivity index (χ0v) is 9.88. The summed E-state index contributed by atoms with van der Waals surface area (Å²) in [6.45, 7) is 3.15. The van der Waals surface area contributed by atoms with Crippen LogP contribution in [0.5, 0.6) is 5.75 Å². The maximum atomic E-state index is 11.8. The van der Waals surface area contributed by atoms with E-state index in [4.69, 9.17) is 6.42 Å². The smallest absolute Gasteiger partial charge is 0.241 e. The van der Waals surface area contributed by atoms with Crippen LogP contribution in [-0.4, -0.2) is 19.1 Å². The average Bonchev–Trinajstić information content (AvgIpc) is 2.16. The third-order valence-corrected chi connectivity index (χ3v) is 3.53. The predicted molar refractivity (Wildman–Crippen MR) is 61.3 cm³/mol. The Kier molecular flexibility index (Phi) is 3.27. The number of aromatic hydroxyl groups is 1. The average molecular weight is 239 g/mol. The summed E-state index contributed by atoms with van der Waals surface area (Å²) in [5.41, 5.74) is -0.968. The van der Waals surface area contributed by atoms with Crippen LogP contribution in [0.2, 0.25) is 0 Å². The van der Waals surface area contributed by atoms with Gasteiger partial charge < -0.3 is 5.11 Å². The summed E-state index contributed by atoms with van der Waals surface area (Å²) in [4.78, 5) is -0.0178. The lowest BCUT2D eigenvalue weighted by Crippen LogP contribution is -2.41.